The van der Waals surface area contributed by atoms with Crippen molar-refractivity contribution >= 4 is 34.1 Å². The van der Waals surface area contributed by atoms with Gasteiger partial charge in [-0.1, -0.05) is 0 Å². The summed E-state index contributed by atoms with van der Waals surface area (Å²) in [6, 6.07) is 5.69. The lowest BCUT2D eigenvalue weighted by atomic mass is 10.3. The number of fused-ring (bicyclic) bond motifs is 1. The molecule has 0 saturated heterocycles. The second-order valence-electron chi connectivity index (χ2n) is 3.41. The largest absolute Gasteiger partial charge is 0.454 e. The van der Waals surface area contributed by atoms with E-state index in [1.807, 2.05) is 18.2 Å². The van der Waals surface area contributed by atoms with Crippen LogP contribution >= 0.6 is 22.6 Å². The second-order valence-corrected chi connectivity index (χ2v) is 4.57. The average molecular weight is 341 g/mol. The first kappa shape index (κ1) is 10.6. The van der Waals surface area contributed by atoms with Gasteiger partial charge in [-0.15, -0.1) is 0 Å². The third-order valence-corrected chi connectivity index (χ3v) is 3.09. The van der Waals surface area contributed by atoms with E-state index in [0.717, 1.165) is 26.6 Å². The lowest BCUT2D eigenvalue weighted by molar-refractivity contribution is 0.174. The van der Waals surface area contributed by atoms with Crippen LogP contribution < -0.4 is 14.8 Å². The number of ether oxygens (including phenoxy) is 2. The fraction of sp³-hybridized carbons (Fsp3) is 0.0909. The second kappa shape index (κ2) is 4.36. The Balaban J connectivity index is 1.89. The third-order valence-electron chi connectivity index (χ3n) is 2.30. The summed E-state index contributed by atoms with van der Waals surface area (Å²) >= 11 is 2.18. The van der Waals surface area contributed by atoms with Crippen molar-refractivity contribution in [2.24, 2.45) is 0 Å². The van der Waals surface area contributed by atoms with E-state index in [1.54, 1.807) is 6.20 Å². The van der Waals surface area contributed by atoms with Crippen LogP contribution in [0.2, 0.25) is 0 Å². The Hall–Kier alpha value is -1.57. The fourth-order valence-electron chi connectivity index (χ4n) is 1.52. The number of nitrogens with one attached hydrogen (secondary N) is 1. The molecule has 0 bridgehead atoms. The van der Waals surface area contributed by atoms with Crippen molar-refractivity contribution in [2.45, 2.75) is 0 Å². The van der Waals surface area contributed by atoms with Gasteiger partial charge in [0.05, 0.1) is 3.57 Å². The fourth-order valence-corrected chi connectivity index (χ4v) is 1.95. The molecule has 2 heterocycles. The van der Waals surface area contributed by atoms with Gasteiger partial charge in [0.1, 0.15) is 12.1 Å². The highest BCUT2D eigenvalue weighted by molar-refractivity contribution is 14.1. The Labute approximate surface area is 111 Å². The molecule has 0 radical (unpaired) electrons. The van der Waals surface area contributed by atoms with Crippen LogP contribution in [0, 0.1) is 3.57 Å². The third kappa shape index (κ3) is 2.12. The summed E-state index contributed by atoms with van der Waals surface area (Å²) in [5.41, 5.74) is 0.908. The van der Waals surface area contributed by atoms with Crippen molar-refractivity contribution in [3.63, 3.8) is 0 Å². The van der Waals surface area contributed by atoms with E-state index in [4.69, 9.17) is 9.47 Å². The Kier molecular flexibility index (Phi) is 2.71. The van der Waals surface area contributed by atoms with Crippen LogP contribution in [0.1, 0.15) is 0 Å². The summed E-state index contributed by atoms with van der Waals surface area (Å²) < 4.78 is 11.5. The van der Waals surface area contributed by atoms with Crippen LogP contribution in [0.5, 0.6) is 11.5 Å². The van der Waals surface area contributed by atoms with E-state index >= 15 is 0 Å². The van der Waals surface area contributed by atoms with Gasteiger partial charge in [0.2, 0.25) is 6.79 Å². The molecule has 1 aliphatic heterocycles. The van der Waals surface area contributed by atoms with Crippen molar-refractivity contribution in [3.05, 3.63) is 34.3 Å². The maximum absolute atomic E-state index is 5.31. The molecule has 3 rings (SSSR count). The number of rotatable bonds is 2. The zero-order valence-corrected chi connectivity index (χ0v) is 10.8. The summed E-state index contributed by atoms with van der Waals surface area (Å²) in [4.78, 5) is 8.11. The summed E-state index contributed by atoms with van der Waals surface area (Å²) in [6.45, 7) is 0.282. The van der Waals surface area contributed by atoms with Gasteiger partial charge >= 0.3 is 0 Å². The predicted molar refractivity (Wildman–Crippen MR) is 70.6 cm³/mol. The van der Waals surface area contributed by atoms with Gasteiger partial charge in [-0.25, -0.2) is 9.97 Å². The monoisotopic (exact) mass is 341 g/mol. The zero-order chi connectivity index (χ0) is 11.7. The smallest absolute Gasteiger partial charge is 0.231 e. The number of nitrogens with zero attached hydrogens (tertiary/aromatic N) is 2. The van der Waals surface area contributed by atoms with Gasteiger partial charge in [0, 0.05) is 18.0 Å². The topological polar surface area (TPSA) is 56.3 Å². The van der Waals surface area contributed by atoms with Gasteiger partial charge in [-0.3, -0.25) is 0 Å². The molecule has 1 aliphatic rings. The van der Waals surface area contributed by atoms with E-state index in [-0.39, 0.29) is 6.79 Å². The molecular formula is C11H8IN3O2. The maximum Gasteiger partial charge on any atom is 0.231 e. The molecule has 0 saturated carbocycles. The molecule has 86 valence electrons. The van der Waals surface area contributed by atoms with Crippen LogP contribution in [0.3, 0.4) is 0 Å². The molecule has 0 spiro atoms. The molecule has 0 atom stereocenters. The number of hydrogen-bond acceptors (Lipinski definition) is 5. The first-order valence-corrected chi connectivity index (χ1v) is 6.03. The SMILES string of the molecule is Ic1cncnc1Nc1ccc2c(c1)OCO2. The zero-order valence-electron chi connectivity index (χ0n) is 8.68. The highest BCUT2D eigenvalue weighted by Crippen LogP contribution is 2.35. The van der Waals surface area contributed by atoms with E-state index in [1.165, 1.54) is 6.33 Å². The molecule has 0 aliphatic carbocycles. The van der Waals surface area contributed by atoms with E-state index in [9.17, 15) is 0 Å². The number of benzene rings is 1. The van der Waals surface area contributed by atoms with Crippen LogP contribution in [0.4, 0.5) is 11.5 Å². The lowest BCUT2D eigenvalue weighted by Gasteiger charge is -2.07. The minimum absolute atomic E-state index is 0.282. The van der Waals surface area contributed by atoms with Crippen LogP contribution in [-0.4, -0.2) is 16.8 Å². The molecular weight excluding hydrogens is 333 g/mol. The van der Waals surface area contributed by atoms with Crippen molar-refractivity contribution in [2.75, 3.05) is 12.1 Å². The summed E-state index contributed by atoms with van der Waals surface area (Å²) in [5.74, 6) is 2.30. The quantitative estimate of drug-likeness (QED) is 0.851. The minimum Gasteiger partial charge on any atom is -0.454 e. The number of halogens is 1. The molecule has 1 aromatic carbocycles. The molecule has 0 fully saturated rings. The van der Waals surface area contributed by atoms with Crippen LogP contribution in [0.15, 0.2) is 30.7 Å². The number of anilines is 2. The van der Waals surface area contributed by atoms with Gasteiger partial charge in [-0.05, 0) is 34.7 Å². The molecule has 5 nitrogen and oxygen atoms in total. The highest BCUT2D eigenvalue weighted by Gasteiger charge is 2.13. The van der Waals surface area contributed by atoms with E-state index < -0.39 is 0 Å². The Morgan fingerprint density at radius 2 is 2.12 bits per heavy atom. The van der Waals surface area contributed by atoms with Crippen molar-refractivity contribution in [1.29, 1.82) is 0 Å². The molecule has 1 N–H and O–H groups in total. The highest BCUT2D eigenvalue weighted by atomic mass is 127. The number of hydrogen-bond donors (Lipinski definition) is 1. The van der Waals surface area contributed by atoms with Crippen molar-refractivity contribution in [1.82, 2.24) is 9.97 Å². The minimum atomic E-state index is 0.282. The van der Waals surface area contributed by atoms with Gasteiger partial charge < -0.3 is 14.8 Å². The van der Waals surface area contributed by atoms with Gasteiger partial charge in [0.25, 0.3) is 0 Å². The molecule has 6 heteroatoms. The molecule has 0 unspecified atom stereocenters. The predicted octanol–water partition coefficient (Wildman–Crippen LogP) is 2.55. The Morgan fingerprint density at radius 1 is 1.24 bits per heavy atom. The molecule has 0 amide bonds. The first-order chi connectivity index (χ1) is 8.33. The van der Waals surface area contributed by atoms with Crippen LogP contribution in [0.25, 0.3) is 0 Å². The van der Waals surface area contributed by atoms with Crippen molar-refractivity contribution < 1.29 is 9.47 Å². The first-order valence-electron chi connectivity index (χ1n) is 4.95. The summed E-state index contributed by atoms with van der Waals surface area (Å²) in [5, 5.41) is 3.21. The van der Waals surface area contributed by atoms with E-state index in [0.29, 0.717) is 0 Å². The Bertz CT molecular complexity index is 562. The average Bonchev–Trinajstić information content (AvgIpc) is 2.79. The van der Waals surface area contributed by atoms with Gasteiger partial charge in [0.15, 0.2) is 11.5 Å². The normalized spacial score (nSPS) is 12.5. The molecule has 17 heavy (non-hydrogen) atoms. The van der Waals surface area contributed by atoms with Crippen molar-refractivity contribution in [3.8, 4) is 11.5 Å². The molecule has 2 aromatic rings. The Morgan fingerprint density at radius 3 is 3.00 bits per heavy atom. The lowest BCUT2D eigenvalue weighted by Crippen LogP contribution is -1.96. The molecule has 1 aromatic heterocycles. The van der Waals surface area contributed by atoms with E-state index in [2.05, 4.69) is 37.9 Å². The van der Waals surface area contributed by atoms with Gasteiger partial charge in [-0.2, -0.15) is 0 Å². The number of aromatic nitrogens is 2. The summed E-state index contributed by atoms with van der Waals surface area (Å²) in [7, 11) is 0. The maximum atomic E-state index is 5.31. The summed E-state index contributed by atoms with van der Waals surface area (Å²) in [6.07, 6.45) is 3.26. The van der Waals surface area contributed by atoms with Crippen LogP contribution in [-0.2, 0) is 0 Å². The standard InChI is InChI=1S/C11H8IN3O2/c12-8-4-13-5-14-11(8)15-7-1-2-9-10(3-7)17-6-16-9/h1-5H,6H2,(H,13,14,15).